The third-order valence-electron chi connectivity index (χ3n) is 2.41. The summed E-state index contributed by atoms with van der Waals surface area (Å²) in [5.41, 5.74) is 1.24. The monoisotopic (exact) mass is 222 g/mol. The highest BCUT2D eigenvalue weighted by Crippen LogP contribution is 2.15. The van der Waals surface area contributed by atoms with Gasteiger partial charge < -0.3 is 10.1 Å². The van der Waals surface area contributed by atoms with E-state index in [2.05, 4.69) is 9.97 Å². The molecule has 2 rings (SSSR count). The fraction of sp³-hybridized carbons (Fsp3) is 0.273. The van der Waals surface area contributed by atoms with Gasteiger partial charge in [-0.2, -0.15) is 0 Å². The van der Waals surface area contributed by atoms with Crippen LogP contribution >= 0.6 is 0 Å². The first-order valence-electron chi connectivity index (χ1n) is 4.93. The molecule has 5 heteroatoms. The molecule has 0 radical (unpaired) electrons. The number of carbonyl (C=O) groups is 1. The molecule has 1 atom stereocenters. The Morgan fingerprint density at radius 1 is 1.62 bits per heavy atom. The molecular weight excluding hydrogens is 211 g/mol. The Hall–Kier alpha value is -1.91. The molecule has 1 heterocycles. The lowest BCUT2D eigenvalue weighted by atomic mass is 10.1. The second kappa shape index (κ2) is 3.92. The third kappa shape index (κ3) is 2.03. The molecule has 2 aromatic rings. The number of benzene rings is 1. The number of halogens is 1. The Labute approximate surface area is 91.1 Å². The lowest BCUT2D eigenvalue weighted by Crippen LogP contribution is -2.12. The van der Waals surface area contributed by atoms with Crippen molar-refractivity contribution >= 4 is 17.0 Å². The summed E-state index contributed by atoms with van der Waals surface area (Å²) in [7, 11) is 0. The van der Waals surface area contributed by atoms with Crippen molar-refractivity contribution in [1.29, 1.82) is 0 Å². The predicted molar refractivity (Wildman–Crippen MR) is 56.6 cm³/mol. The van der Waals surface area contributed by atoms with Crippen LogP contribution in [0.1, 0.15) is 12.7 Å². The van der Waals surface area contributed by atoms with Gasteiger partial charge in [0.2, 0.25) is 0 Å². The third-order valence-corrected chi connectivity index (χ3v) is 2.41. The molecule has 0 aliphatic carbocycles. The van der Waals surface area contributed by atoms with E-state index >= 15 is 0 Å². The van der Waals surface area contributed by atoms with Crippen LogP contribution in [0.15, 0.2) is 18.2 Å². The maximum Gasteiger partial charge on any atom is 0.306 e. The van der Waals surface area contributed by atoms with Crippen LogP contribution in [0.5, 0.6) is 0 Å². The van der Waals surface area contributed by atoms with Crippen molar-refractivity contribution in [3.05, 3.63) is 29.8 Å². The number of fused-ring (bicyclic) bond motifs is 1. The predicted octanol–water partition coefficient (Wildman–Crippen LogP) is 1.97. The molecule has 0 saturated heterocycles. The van der Waals surface area contributed by atoms with Crippen LogP contribution in [0.2, 0.25) is 0 Å². The molecule has 84 valence electrons. The molecule has 0 fully saturated rings. The molecule has 1 unspecified atom stereocenters. The fourth-order valence-electron chi connectivity index (χ4n) is 1.51. The van der Waals surface area contributed by atoms with Crippen LogP contribution in [-0.2, 0) is 11.2 Å². The lowest BCUT2D eigenvalue weighted by molar-refractivity contribution is -0.141. The second-order valence-electron chi connectivity index (χ2n) is 3.79. The normalized spacial score (nSPS) is 12.9. The van der Waals surface area contributed by atoms with E-state index < -0.39 is 11.9 Å². The number of carboxylic acids is 1. The Morgan fingerprint density at radius 2 is 2.38 bits per heavy atom. The number of rotatable bonds is 3. The van der Waals surface area contributed by atoms with E-state index in [1.807, 2.05) is 0 Å². The molecular formula is C11H11FN2O2. The summed E-state index contributed by atoms with van der Waals surface area (Å²) in [6.07, 6.45) is 0.311. The van der Waals surface area contributed by atoms with Gasteiger partial charge in [-0.05, 0) is 18.2 Å². The highest BCUT2D eigenvalue weighted by atomic mass is 19.1. The van der Waals surface area contributed by atoms with Gasteiger partial charge >= 0.3 is 5.97 Å². The van der Waals surface area contributed by atoms with Gasteiger partial charge in [-0.3, -0.25) is 4.79 Å². The Morgan fingerprint density at radius 3 is 3.06 bits per heavy atom. The second-order valence-corrected chi connectivity index (χ2v) is 3.79. The zero-order valence-electron chi connectivity index (χ0n) is 8.70. The molecule has 4 nitrogen and oxygen atoms in total. The topological polar surface area (TPSA) is 66.0 Å². The van der Waals surface area contributed by atoms with Gasteiger partial charge in [-0.1, -0.05) is 6.92 Å². The van der Waals surface area contributed by atoms with Crippen LogP contribution in [0, 0.1) is 11.7 Å². The van der Waals surface area contributed by atoms with E-state index in [1.54, 1.807) is 13.0 Å². The number of aromatic nitrogens is 2. The first kappa shape index (κ1) is 10.6. The quantitative estimate of drug-likeness (QED) is 0.834. The number of aliphatic carboxylic acids is 1. The van der Waals surface area contributed by atoms with Gasteiger partial charge in [0.25, 0.3) is 0 Å². The largest absolute Gasteiger partial charge is 0.481 e. The fourth-order valence-corrected chi connectivity index (χ4v) is 1.51. The van der Waals surface area contributed by atoms with Crippen LogP contribution in [0.4, 0.5) is 4.39 Å². The molecule has 16 heavy (non-hydrogen) atoms. The molecule has 0 saturated carbocycles. The molecule has 1 aromatic heterocycles. The lowest BCUT2D eigenvalue weighted by Gasteiger charge is -2.01. The number of nitrogens with zero attached hydrogens (tertiary/aromatic N) is 1. The van der Waals surface area contributed by atoms with E-state index in [4.69, 9.17) is 5.11 Å². The summed E-state index contributed by atoms with van der Waals surface area (Å²) in [6, 6.07) is 4.24. The molecule has 1 aromatic carbocycles. The van der Waals surface area contributed by atoms with E-state index in [1.165, 1.54) is 12.1 Å². The minimum absolute atomic E-state index is 0.311. The number of H-pyrrole nitrogens is 1. The molecule has 2 N–H and O–H groups in total. The number of hydrogen-bond acceptors (Lipinski definition) is 2. The zero-order valence-corrected chi connectivity index (χ0v) is 8.70. The van der Waals surface area contributed by atoms with Crippen molar-refractivity contribution in [2.45, 2.75) is 13.3 Å². The van der Waals surface area contributed by atoms with Crippen molar-refractivity contribution in [3.8, 4) is 0 Å². The van der Waals surface area contributed by atoms with Gasteiger partial charge in [-0.15, -0.1) is 0 Å². The minimum Gasteiger partial charge on any atom is -0.481 e. The highest BCUT2D eigenvalue weighted by molar-refractivity contribution is 5.75. The number of aromatic amines is 1. The summed E-state index contributed by atoms with van der Waals surface area (Å²) >= 11 is 0. The van der Waals surface area contributed by atoms with Gasteiger partial charge in [0.15, 0.2) is 0 Å². The van der Waals surface area contributed by atoms with Crippen LogP contribution in [-0.4, -0.2) is 21.0 Å². The van der Waals surface area contributed by atoms with Gasteiger partial charge in [0.05, 0.1) is 17.0 Å². The summed E-state index contributed by atoms with van der Waals surface area (Å²) in [5.74, 6) is -1.15. The first-order chi connectivity index (χ1) is 7.56. The van der Waals surface area contributed by atoms with Crippen LogP contribution in [0.25, 0.3) is 11.0 Å². The van der Waals surface area contributed by atoms with Gasteiger partial charge in [0, 0.05) is 6.42 Å². The average molecular weight is 222 g/mol. The summed E-state index contributed by atoms with van der Waals surface area (Å²) in [4.78, 5) is 17.8. The first-order valence-corrected chi connectivity index (χ1v) is 4.93. The maximum atomic E-state index is 12.9. The number of carboxylic acid groups (broad SMARTS) is 1. The zero-order chi connectivity index (χ0) is 11.7. The van der Waals surface area contributed by atoms with E-state index in [0.29, 0.717) is 23.3 Å². The van der Waals surface area contributed by atoms with Crippen molar-refractivity contribution in [2.75, 3.05) is 0 Å². The number of nitrogens with one attached hydrogen (secondary N) is 1. The van der Waals surface area contributed by atoms with Gasteiger partial charge in [0.1, 0.15) is 11.6 Å². The van der Waals surface area contributed by atoms with Gasteiger partial charge in [-0.25, -0.2) is 9.37 Å². The highest BCUT2D eigenvalue weighted by Gasteiger charge is 2.14. The molecule has 0 bridgehead atoms. The minimum atomic E-state index is -0.869. The maximum absolute atomic E-state index is 12.9. The smallest absolute Gasteiger partial charge is 0.306 e. The van der Waals surface area contributed by atoms with Crippen molar-refractivity contribution in [2.24, 2.45) is 5.92 Å². The summed E-state index contributed by atoms with van der Waals surface area (Å²) in [5, 5.41) is 8.76. The summed E-state index contributed by atoms with van der Waals surface area (Å²) < 4.78 is 12.9. The average Bonchev–Trinajstić information content (AvgIpc) is 2.58. The van der Waals surface area contributed by atoms with Crippen molar-refractivity contribution in [3.63, 3.8) is 0 Å². The Balaban J connectivity index is 2.29. The van der Waals surface area contributed by atoms with Crippen molar-refractivity contribution in [1.82, 2.24) is 9.97 Å². The Bertz CT molecular complexity index is 536. The number of imidazole rings is 1. The molecule has 0 amide bonds. The van der Waals surface area contributed by atoms with Crippen LogP contribution in [0.3, 0.4) is 0 Å². The SMILES string of the molecule is CC(Cc1nc2ccc(F)cc2[nH]1)C(=O)O. The number of hydrogen-bond donors (Lipinski definition) is 2. The standard InChI is InChI=1S/C11H11FN2O2/c1-6(11(15)16)4-10-13-8-3-2-7(12)5-9(8)14-10/h2-3,5-6H,4H2,1H3,(H,13,14)(H,15,16). The van der Waals surface area contributed by atoms with Crippen molar-refractivity contribution < 1.29 is 14.3 Å². The molecule has 0 aliphatic heterocycles. The molecule has 0 aliphatic rings. The van der Waals surface area contributed by atoms with E-state index in [-0.39, 0.29) is 5.82 Å². The molecule has 0 spiro atoms. The Kier molecular flexibility index (Phi) is 2.60. The van der Waals surface area contributed by atoms with Crippen LogP contribution < -0.4 is 0 Å². The van der Waals surface area contributed by atoms with E-state index in [0.717, 1.165) is 0 Å². The van der Waals surface area contributed by atoms with E-state index in [9.17, 15) is 9.18 Å². The summed E-state index contributed by atoms with van der Waals surface area (Å²) in [6.45, 7) is 1.61.